The summed E-state index contributed by atoms with van der Waals surface area (Å²) in [6.07, 6.45) is 1.76. The van der Waals surface area contributed by atoms with Gasteiger partial charge in [0.1, 0.15) is 0 Å². The van der Waals surface area contributed by atoms with Crippen LogP contribution in [0.2, 0.25) is 0 Å². The second kappa shape index (κ2) is 7.04. The van der Waals surface area contributed by atoms with Crippen LogP contribution < -0.4 is 5.32 Å². The van der Waals surface area contributed by atoms with Crippen molar-refractivity contribution in [3.8, 4) is 0 Å². The van der Waals surface area contributed by atoms with Crippen LogP contribution in [0.5, 0.6) is 0 Å². The van der Waals surface area contributed by atoms with Gasteiger partial charge in [0, 0.05) is 12.5 Å². The lowest BCUT2D eigenvalue weighted by Gasteiger charge is -2.29. The van der Waals surface area contributed by atoms with Crippen LogP contribution in [0.25, 0.3) is 0 Å². The van der Waals surface area contributed by atoms with Crippen LogP contribution >= 0.6 is 0 Å². The number of hydrogen-bond acceptors (Lipinski definition) is 3. The molecule has 1 N–H and O–H groups in total. The first-order valence-electron chi connectivity index (χ1n) is 8.23. The fourth-order valence-corrected chi connectivity index (χ4v) is 5.31. The summed E-state index contributed by atoms with van der Waals surface area (Å²) in [6, 6.07) is 10.3. The van der Waals surface area contributed by atoms with Gasteiger partial charge in [-0.2, -0.15) is 0 Å². The lowest BCUT2D eigenvalue weighted by Crippen LogP contribution is -2.38. The molecule has 1 heterocycles. The summed E-state index contributed by atoms with van der Waals surface area (Å²) < 4.78 is 22.9. The minimum Gasteiger partial charge on any atom is -0.354 e. The summed E-state index contributed by atoms with van der Waals surface area (Å²) in [6.45, 7) is 6.36. The average molecular weight is 337 g/mol. The van der Waals surface area contributed by atoms with E-state index in [1.165, 1.54) is 5.56 Å². The third-order valence-corrected chi connectivity index (χ3v) is 6.42. The largest absolute Gasteiger partial charge is 0.354 e. The van der Waals surface area contributed by atoms with Gasteiger partial charge in [-0.25, -0.2) is 8.42 Å². The summed E-state index contributed by atoms with van der Waals surface area (Å²) >= 11 is 0. The zero-order chi connectivity index (χ0) is 17.1. The Bertz CT molecular complexity index is 637. The molecule has 5 heteroatoms. The molecule has 0 aromatic heterocycles. The van der Waals surface area contributed by atoms with E-state index in [1.54, 1.807) is 0 Å². The lowest BCUT2D eigenvalue weighted by molar-refractivity contribution is -0.122. The molecular formula is C18H27NO3S. The normalized spacial score (nSPS) is 21.8. The first-order valence-corrected chi connectivity index (χ1v) is 10.1. The van der Waals surface area contributed by atoms with Gasteiger partial charge in [0.15, 0.2) is 9.84 Å². The van der Waals surface area contributed by atoms with E-state index >= 15 is 0 Å². The number of nitrogens with one attached hydrogen (secondary N) is 1. The molecule has 1 aliphatic rings. The van der Waals surface area contributed by atoms with Gasteiger partial charge in [-0.3, -0.25) is 4.79 Å². The van der Waals surface area contributed by atoms with Crippen molar-refractivity contribution in [1.29, 1.82) is 0 Å². The average Bonchev–Trinajstić information content (AvgIpc) is 2.77. The fraction of sp³-hybridized carbons (Fsp3) is 0.611. The Balaban J connectivity index is 1.84. The molecule has 1 saturated heterocycles. The Kier molecular flexibility index (Phi) is 5.50. The molecule has 1 amide bonds. The van der Waals surface area contributed by atoms with Crippen LogP contribution in [0.3, 0.4) is 0 Å². The molecule has 1 aromatic carbocycles. The van der Waals surface area contributed by atoms with Crippen molar-refractivity contribution >= 4 is 15.7 Å². The number of rotatable bonds is 6. The maximum absolute atomic E-state index is 12.1. The molecule has 4 nitrogen and oxygen atoms in total. The Hall–Kier alpha value is -1.36. The standard InChI is InChI=1S/C18H27NO3S/c1-14(12-18(2,3)16-7-5-4-6-8-16)19-17(20)11-15-9-10-23(21,22)13-15/h4-8,14-15H,9-13H2,1-3H3,(H,19,20)/t14-,15-/m0/s1. The number of hydrogen-bond donors (Lipinski definition) is 1. The first kappa shape index (κ1) is 18.0. The lowest BCUT2D eigenvalue weighted by atomic mass is 9.79. The Morgan fingerprint density at radius 1 is 1.30 bits per heavy atom. The maximum atomic E-state index is 12.1. The molecule has 1 aromatic rings. The minimum absolute atomic E-state index is 0.0191. The van der Waals surface area contributed by atoms with Crippen molar-refractivity contribution in [2.75, 3.05) is 11.5 Å². The van der Waals surface area contributed by atoms with Crippen molar-refractivity contribution in [3.63, 3.8) is 0 Å². The van der Waals surface area contributed by atoms with E-state index in [0.29, 0.717) is 12.8 Å². The van der Waals surface area contributed by atoms with Crippen LogP contribution in [-0.2, 0) is 20.0 Å². The molecule has 0 spiro atoms. The van der Waals surface area contributed by atoms with E-state index in [0.717, 1.165) is 6.42 Å². The molecule has 0 saturated carbocycles. The van der Waals surface area contributed by atoms with Crippen molar-refractivity contribution in [2.45, 2.75) is 51.5 Å². The molecule has 2 atom stereocenters. The highest BCUT2D eigenvalue weighted by molar-refractivity contribution is 7.91. The Morgan fingerprint density at radius 2 is 1.96 bits per heavy atom. The second-order valence-corrected chi connectivity index (χ2v) is 9.62. The van der Waals surface area contributed by atoms with Crippen LogP contribution in [0.15, 0.2) is 30.3 Å². The topological polar surface area (TPSA) is 63.2 Å². The minimum atomic E-state index is -2.91. The zero-order valence-corrected chi connectivity index (χ0v) is 15.0. The predicted molar refractivity (Wildman–Crippen MR) is 93.1 cm³/mol. The highest BCUT2D eigenvalue weighted by atomic mass is 32.2. The highest BCUT2D eigenvalue weighted by Gasteiger charge is 2.30. The summed E-state index contributed by atoms with van der Waals surface area (Å²) in [5.41, 5.74) is 1.23. The Labute approximate surface area is 139 Å². The second-order valence-electron chi connectivity index (χ2n) is 7.40. The summed E-state index contributed by atoms with van der Waals surface area (Å²) in [4.78, 5) is 12.1. The summed E-state index contributed by atoms with van der Waals surface area (Å²) in [7, 11) is -2.91. The van der Waals surface area contributed by atoms with Crippen molar-refractivity contribution in [3.05, 3.63) is 35.9 Å². The molecule has 0 unspecified atom stereocenters. The third kappa shape index (κ3) is 5.34. The number of carbonyl (C=O) groups excluding carboxylic acids is 1. The number of sulfone groups is 1. The van der Waals surface area contributed by atoms with Gasteiger partial charge < -0.3 is 5.32 Å². The predicted octanol–water partition coefficient (Wildman–Crippen LogP) is 2.68. The smallest absolute Gasteiger partial charge is 0.220 e. The van der Waals surface area contributed by atoms with E-state index in [9.17, 15) is 13.2 Å². The van der Waals surface area contributed by atoms with Gasteiger partial charge in [0.05, 0.1) is 11.5 Å². The van der Waals surface area contributed by atoms with E-state index in [2.05, 4.69) is 31.3 Å². The number of benzene rings is 1. The molecule has 2 rings (SSSR count). The zero-order valence-electron chi connectivity index (χ0n) is 14.2. The van der Waals surface area contributed by atoms with Gasteiger partial charge in [0.25, 0.3) is 0 Å². The number of carbonyl (C=O) groups is 1. The van der Waals surface area contributed by atoms with Crippen LogP contribution in [-0.4, -0.2) is 31.9 Å². The molecule has 1 fully saturated rings. The fourth-order valence-electron chi connectivity index (χ4n) is 3.45. The van der Waals surface area contributed by atoms with E-state index < -0.39 is 9.84 Å². The monoisotopic (exact) mass is 337 g/mol. The van der Waals surface area contributed by atoms with Crippen molar-refractivity contribution in [2.24, 2.45) is 5.92 Å². The summed E-state index contributed by atoms with van der Waals surface area (Å²) in [5.74, 6) is 0.323. The van der Waals surface area contributed by atoms with E-state index in [4.69, 9.17) is 0 Å². The van der Waals surface area contributed by atoms with Crippen LogP contribution in [0.4, 0.5) is 0 Å². The molecule has 1 aliphatic heterocycles. The van der Waals surface area contributed by atoms with Crippen molar-refractivity contribution in [1.82, 2.24) is 5.32 Å². The molecule has 0 radical (unpaired) electrons. The Morgan fingerprint density at radius 3 is 2.52 bits per heavy atom. The SMILES string of the molecule is C[C@@H](CC(C)(C)c1ccccc1)NC(=O)C[C@@H]1CCS(=O)(=O)C1. The molecular weight excluding hydrogens is 310 g/mol. The first-order chi connectivity index (χ1) is 10.7. The van der Waals surface area contributed by atoms with Gasteiger partial charge in [-0.05, 0) is 36.7 Å². The molecule has 23 heavy (non-hydrogen) atoms. The van der Waals surface area contributed by atoms with Crippen LogP contribution in [0, 0.1) is 5.92 Å². The molecule has 0 bridgehead atoms. The van der Waals surface area contributed by atoms with Gasteiger partial charge >= 0.3 is 0 Å². The van der Waals surface area contributed by atoms with Gasteiger partial charge in [0.2, 0.25) is 5.91 Å². The van der Waals surface area contributed by atoms with Crippen LogP contribution in [0.1, 0.15) is 45.6 Å². The van der Waals surface area contributed by atoms with E-state index in [1.807, 2.05) is 25.1 Å². The quantitative estimate of drug-likeness (QED) is 0.868. The van der Waals surface area contributed by atoms with Gasteiger partial charge in [-0.15, -0.1) is 0 Å². The third-order valence-electron chi connectivity index (χ3n) is 4.58. The van der Waals surface area contributed by atoms with E-state index in [-0.39, 0.29) is 34.8 Å². The van der Waals surface area contributed by atoms with Gasteiger partial charge in [-0.1, -0.05) is 44.2 Å². The maximum Gasteiger partial charge on any atom is 0.220 e. The molecule has 128 valence electrons. The highest BCUT2D eigenvalue weighted by Crippen LogP contribution is 2.28. The number of amides is 1. The molecule has 0 aliphatic carbocycles. The summed E-state index contributed by atoms with van der Waals surface area (Å²) in [5, 5.41) is 3.03. The van der Waals surface area contributed by atoms with Crippen molar-refractivity contribution < 1.29 is 13.2 Å².